The molecule has 0 spiro atoms. The average molecular weight is 325 g/mol. The predicted molar refractivity (Wildman–Crippen MR) is 83.7 cm³/mol. The summed E-state index contributed by atoms with van der Waals surface area (Å²) in [4.78, 5) is 4.05. The summed E-state index contributed by atoms with van der Waals surface area (Å²) in [6, 6.07) is 3.73. The largest absolute Gasteiger partial charge is 0.491 e. The summed E-state index contributed by atoms with van der Waals surface area (Å²) in [6.45, 7) is 1.72. The highest BCUT2D eigenvalue weighted by Crippen LogP contribution is 2.49. The van der Waals surface area contributed by atoms with Gasteiger partial charge in [-0.2, -0.15) is 17.0 Å². The zero-order valence-corrected chi connectivity index (χ0v) is 13.9. The van der Waals surface area contributed by atoms with Crippen LogP contribution in [0.15, 0.2) is 24.5 Å². The van der Waals surface area contributed by atoms with Gasteiger partial charge in [-0.1, -0.05) is 6.42 Å². The van der Waals surface area contributed by atoms with Crippen molar-refractivity contribution in [2.24, 2.45) is 11.3 Å². The van der Waals surface area contributed by atoms with E-state index in [-0.39, 0.29) is 5.41 Å². The van der Waals surface area contributed by atoms with Gasteiger partial charge in [0.15, 0.2) is 0 Å². The molecule has 1 aliphatic heterocycles. The number of aromatic nitrogens is 1. The van der Waals surface area contributed by atoms with Crippen LogP contribution in [0, 0.1) is 11.3 Å². The van der Waals surface area contributed by atoms with Gasteiger partial charge in [0, 0.05) is 38.8 Å². The van der Waals surface area contributed by atoms with Gasteiger partial charge in [-0.05, 0) is 30.9 Å². The van der Waals surface area contributed by atoms with Crippen LogP contribution in [-0.2, 0) is 10.2 Å². The van der Waals surface area contributed by atoms with Gasteiger partial charge in [-0.3, -0.25) is 4.98 Å². The highest BCUT2D eigenvalue weighted by molar-refractivity contribution is 7.86. The number of nitrogens with zero attached hydrogens (tertiary/aromatic N) is 3. The lowest BCUT2D eigenvalue weighted by Gasteiger charge is -2.29. The molecule has 1 aromatic rings. The van der Waals surface area contributed by atoms with Crippen molar-refractivity contribution in [2.75, 3.05) is 33.8 Å². The Balaban J connectivity index is 1.74. The summed E-state index contributed by atoms with van der Waals surface area (Å²) in [5, 5.41) is 0. The number of hydrogen-bond acceptors (Lipinski definition) is 4. The Kier molecular flexibility index (Phi) is 4.13. The molecule has 2 fully saturated rings. The minimum Gasteiger partial charge on any atom is -0.491 e. The quantitative estimate of drug-likeness (QED) is 0.820. The fourth-order valence-electron chi connectivity index (χ4n) is 3.67. The van der Waals surface area contributed by atoms with Crippen molar-refractivity contribution < 1.29 is 13.2 Å². The molecule has 0 amide bonds. The number of rotatable bonds is 5. The van der Waals surface area contributed by atoms with E-state index in [0.29, 0.717) is 25.6 Å². The molecule has 1 aliphatic carbocycles. The summed E-state index contributed by atoms with van der Waals surface area (Å²) in [6.07, 6.45) is 6.67. The zero-order chi connectivity index (χ0) is 15.8. The van der Waals surface area contributed by atoms with Gasteiger partial charge in [0.1, 0.15) is 5.75 Å². The minimum absolute atomic E-state index is 0.0566. The first-order valence-electron chi connectivity index (χ1n) is 7.64. The lowest BCUT2D eigenvalue weighted by atomic mass is 9.82. The van der Waals surface area contributed by atoms with E-state index < -0.39 is 10.2 Å². The van der Waals surface area contributed by atoms with Gasteiger partial charge in [0.2, 0.25) is 0 Å². The van der Waals surface area contributed by atoms with Crippen molar-refractivity contribution in [3.05, 3.63) is 24.5 Å². The first kappa shape index (κ1) is 15.7. The van der Waals surface area contributed by atoms with E-state index in [4.69, 9.17) is 4.74 Å². The maximum absolute atomic E-state index is 12.4. The molecule has 122 valence electrons. The lowest BCUT2D eigenvalue weighted by molar-refractivity contribution is 0.134. The van der Waals surface area contributed by atoms with Crippen molar-refractivity contribution in [1.82, 2.24) is 13.6 Å². The predicted octanol–water partition coefficient (Wildman–Crippen LogP) is 1.37. The summed E-state index contributed by atoms with van der Waals surface area (Å²) in [5.41, 5.74) is -0.0566. The van der Waals surface area contributed by atoms with E-state index in [1.807, 2.05) is 12.1 Å². The van der Waals surface area contributed by atoms with E-state index in [2.05, 4.69) is 4.98 Å². The van der Waals surface area contributed by atoms with Gasteiger partial charge in [-0.15, -0.1) is 0 Å². The molecular formula is C15H23N3O3S. The van der Waals surface area contributed by atoms with Crippen LogP contribution in [0.5, 0.6) is 5.75 Å². The summed E-state index contributed by atoms with van der Waals surface area (Å²) < 4.78 is 33.6. The molecule has 2 atom stereocenters. The molecule has 7 heteroatoms. The van der Waals surface area contributed by atoms with Gasteiger partial charge < -0.3 is 4.74 Å². The first-order chi connectivity index (χ1) is 10.4. The van der Waals surface area contributed by atoms with Crippen LogP contribution in [-0.4, -0.2) is 55.8 Å². The van der Waals surface area contributed by atoms with Crippen LogP contribution in [0.2, 0.25) is 0 Å². The summed E-state index contributed by atoms with van der Waals surface area (Å²) in [5.74, 6) is 1.13. The maximum atomic E-state index is 12.4. The Bertz CT molecular complexity index is 620. The smallest absolute Gasteiger partial charge is 0.281 e. The van der Waals surface area contributed by atoms with E-state index in [1.165, 1.54) is 4.31 Å². The third-order valence-electron chi connectivity index (χ3n) is 4.96. The van der Waals surface area contributed by atoms with Crippen LogP contribution in [0.4, 0.5) is 0 Å². The molecule has 0 aromatic carbocycles. The van der Waals surface area contributed by atoms with E-state index >= 15 is 0 Å². The van der Waals surface area contributed by atoms with E-state index in [0.717, 1.165) is 25.0 Å². The molecule has 0 radical (unpaired) electrons. The van der Waals surface area contributed by atoms with Crippen LogP contribution < -0.4 is 4.74 Å². The second-order valence-electron chi connectivity index (χ2n) is 6.51. The molecule has 0 N–H and O–H groups in total. The molecule has 0 unspecified atom stereocenters. The number of fused-ring (bicyclic) bond motifs is 1. The molecule has 1 saturated carbocycles. The fraction of sp³-hybridized carbons (Fsp3) is 0.667. The fourth-order valence-corrected chi connectivity index (χ4v) is 4.92. The standard InChI is InChI=1S/C15H23N3O3S/c1-17(2)22(19,20)18-10-13-5-3-7-15(13,11-18)12-21-14-6-4-8-16-9-14/h4,6,8-9,13H,3,5,7,10-12H2,1-2H3/t13-,15+/m1/s1. The van der Waals surface area contributed by atoms with Gasteiger partial charge in [-0.25, -0.2) is 0 Å². The van der Waals surface area contributed by atoms with Gasteiger partial charge in [0.05, 0.1) is 12.8 Å². The Morgan fingerprint density at radius 3 is 3.00 bits per heavy atom. The first-order valence-corrected chi connectivity index (χ1v) is 9.04. The lowest BCUT2D eigenvalue weighted by Crippen LogP contribution is -2.41. The number of ether oxygens (including phenoxy) is 1. The number of pyridine rings is 1. The van der Waals surface area contributed by atoms with Crippen molar-refractivity contribution in [3.8, 4) is 5.75 Å². The maximum Gasteiger partial charge on any atom is 0.281 e. The molecule has 22 heavy (non-hydrogen) atoms. The van der Waals surface area contributed by atoms with Crippen LogP contribution >= 0.6 is 0 Å². The van der Waals surface area contributed by atoms with Gasteiger partial charge in [0.25, 0.3) is 10.2 Å². The molecule has 3 rings (SSSR count). The highest BCUT2D eigenvalue weighted by Gasteiger charge is 2.53. The van der Waals surface area contributed by atoms with Crippen LogP contribution in [0.1, 0.15) is 19.3 Å². The third-order valence-corrected chi connectivity index (χ3v) is 6.81. The van der Waals surface area contributed by atoms with Crippen molar-refractivity contribution in [2.45, 2.75) is 19.3 Å². The monoisotopic (exact) mass is 325 g/mol. The molecule has 0 bridgehead atoms. The average Bonchev–Trinajstić information content (AvgIpc) is 3.03. The summed E-state index contributed by atoms with van der Waals surface area (Å²) >= 11 is 0. The number of hydrogen-bond donors (Lipinski definition) is 0. The van der Waals surface area contributed by atoms with Crippen LogP contribution in [0.3, 0.4) is 0 Å². The van der Waals surface area contributed by atoms with Gasteiger partial charge >= 0.3 is 0 Å². The van der Waals surface area contributed by atoms with Crippen molar-refractivity contribution >= 4 is 10.2 Å². The highest BCUT2D eigenvalue weighted by atomic mass is 32.2. The minimum atomic E-state index is -3.34. The SMILES string of the molecule is CN(C)S(=O)(=O)N1C[C@H]2CCC[C@@]2(COc2cccnc2)C1. The Labute approximate surface area is 132 Å². The zero-order valence-electron chi connectivity index (χ0n) is 13.1. The molecular weight excluding hydrogens is 302 g/mol. The molecule has 1 aromatic heterocycles. The Hall–Kier alpha value is -1.18. The van der Waals surface area contributed by atoms with E-state index in [1.54, 1.807) is 30.8 Å². The Morgan fingerprint density at radius 2 is 2.32 bits per heavy atom. The molecule has 2 heterocycles. The van der Waals surface area contributed by atoms with Crippen molar-refractivity contribution in [1.29, 1.82) is 0 Å². The van der Waals surface area contributed by atoms with Crippen molar-refractivity contribution in [3.63, 3.8) is 0 Å². The summed E-state index contributed by atoms with van der Waals surface area (Å²) in [7, 11) is -0.170. The topological polar surface area (TPSA) is 62.7 Å². The molecule has 2 aliphatic rings. The second kappa shape index (κ2) is 5.79. The molecule has 1 saturated heterocycles. The second-order valence-corrected chi connectivity index (χ2v) is 8.65. The normalized spacial score (nSPS) is 29.0. The molecule has 6 nitrogen and oxygen atoms in total. The van der Waals surface area contributed by atoms with Crippen LogP contribution in [0.25, 0.3) is 0 Å². The van der Waals surface area contributed by atoms with E-state index in [9.17, 15) is 8.42 Å². The Morgan fingerprint density at radius 1 is 1.50 bits per heavy atom. The third kappa shape index (κ3) is 2.73.